The summed E-state index contributed by atoms with van der Waals surface area (Å²) in [5.41, 5.74) is 1.81. The molecule has 0 aliphatic heterocycles. The summed E-state index contributed by atoms with van der Waals surface area (Å²) in [6, 6.07) is 0. The van der Waals surface area contributed by atoms with E-state index in [0.717, 1.165) is 6.54 Å². The molecule has 0 radical (unpaired) electrons. The Hall–Kier alpha value is -0.410. The first-order valence-corrected chi connectivity index (χ1v) is 7.74. The molecule has 1 fully saturated rings. The summed E-state index contributed by atoms with van der Waals surface area (Å²) in [4.78, 5) is 4.64. The summed E-state index contributed by atoms with van der Waals surface area (Å²) < 4.78 is 0. The van der Waals surface area contributed by atoms with Crippen LogP contribution in [0.2, 0.25) is 0 Å². The van der Waals surface area contributed by atoms with E-state index < -0.39 is 0 Å². The van der Waals surface area contributed by atoms with Gasteiger partial charge in [-0.1, -0.05) is 19.8 Å². The Morgan fingerprint density at radius 1 is 1.41 bits per heavy atom. The second kappa shape index (κ2) is 5.96. The van der Waals surface area contributed by atoms with Crippen LogP contribution < -0.4 is 5.32 Å². The fourth-order valence-corrected chi connectivity index (χ4v) is 3.56. The molecule has 0 amide bonds. The SMILES string of the molecule is CCCNCC1(Cc2csc(C)n2)CCCC1. The normalized spacial score (nSPS) is 18.7. The van der Waals surface area contributed by atoms with Crippen molar-refractivity contribution in [3.63, 3.8) is 0 Å². The summed E-state index contributed by atoms with van der Waals surface area (Å²) in [5.74, 6) is 0. The second-order valence-corrected chi connectivity index (χ2v) is 6.48. The standard InChI is InChI=1S/C14H24N2S/c1-3-8-15-11-14(6-4-5-7-14)9-13-10-17-12(2)16-13/h10,15H,3-9,11H2,1-2H3. The van der Waals surface area contributed by atoms with Gasteiger partial charge in [0, 0.05) is 11.9 Å². The number of hydrogen-bond acceptors (Lipinski definition) is 3. The van der Waals surface area contributed by atoms with E-state index in [1.807, 2.05) is 0 Å². The number of aromatic nitrogens is 1. The highest BCUT2D eigenvalue weighted by Gasteiger charge is 2.34. The molecule has 0 atom stereocenters. The number of hydrogen-bond donors (Lipinski definition) is 1. The van der Waals surface area contributed by atoms with E-state index in [2.05, 4.69) is 29.5 Å². The lowest BCUT2D eigenvalue weighted by Gasteiger charge is -2.28. The zero-order valence-corrected chi connectivity index (χ0v) is 11.9. The van der Waals surface area contributed by atoms with Crippen molar-refractivity contribution in [1.29, 1.82) is 0 Å². The molecule has 0 aromatic carbocycles. The summed E-state index contributed by atoms with van der Waals surface area (Å²) in [7, 11) is 0. The molecule has 0 saturated heterocycles. The predicted octanol–water partition coefficient (Wildman–Crippen LogP) is 3.55. The average molecular weight is 252 g/mol. The van der Waals surface area contributed by atoms with Crippen LogP contribution in [0.15, 0.2) is 5.38 Å². The second-order valence-electron chi connectivity index (χ2n) is 5.42. The van der Waals surface area contributed by atoms with Gasteiger partial charge in [-0.3, -0.25) is 0 Å². The summed E-state index contributed by atoms with van der Waals surface area (Å²) in [6.07, 6.45) is 7.95. The Balaban J connectivity index is 1.96. The van der Waals surface area contributed by atoms with Crippen molar-refractivity contribution < 1.29 is 0 Å². The van der Waals surface area contributed by atoms with E-state index in [-0.39, 0.29) is 0 Å². The van der Waals surface area contributed by atoms with Crippen molar-refractivity contribution in [2.45, 2.75) is 52.4 Å². The third-order valence-corrected chi connectivity index (χ3v) is 4.64. The first kappa shape index (κ1) is 13.0. The molecule has 96 valence electrons. The molecule has 0 spiro atoms. The summed E-state index contributed by atoms with van der Waals surface area (Å²) in [5, 5.41) is 7.07. The van der Waals surface area contributed by atoms with Crippen molar-refractivity contribution in [2.24, 2.45) is 5.41 Å². The van der Waals surface area contributed by atoms with Gasteiger partial charge in [-0.15, -0.1) is 11.3 Å². The molecule has 1 aliphatic rings. The van der Waals surface area contributed by atoms with Gasteiger partial charge in [-0.05, 0) is 44.6 Å². The lowest BCUT2D eigenvalue weighted by atomic mass is 9.81. The fourth-order valence-electron chi connectivity index (χ4n) is 2.95. The highest BCUT2D eigenvalue weighted by molar-refractivity contribution is 7.09. The molecular formula is C14H24N2S. The zero-order chi connectivity index (χ0) is 12.1. The minimum absolute atomic E-state index is 0.496. The first-order valence-electron chi connectivity index (χ1n) is 6.86. The van der Waals surface area contributed by atoms with Crippen LogP contribution in [0.25, 0.3) is 0 Å². The number of thiazole rings is 1. The van der Waals surface area contributed by atoms with Crippen LogP contribution in [-0.2, 0) is 6.42 Å². The molecule has 1 heterocycles. The predicted molar refractivity (Wildman–Crippen MR) is 74.6 cm³/mol. The topological polar surface area (TPSA) is 24.9 Å². The maximum Gasteiger partial charge on any atom is 0.0897 e. The molecule has 17 heavy (non-hydrogen) atoms. The van der Waals surface area contributed by atoms with Gasteiger partial charge in [0.25, 0.3) is 0 Å². The van der Waals surface area contributed by atoms with Gasteiger partial charge in [-0.2, -0.15) is 0 Å². The van der Waals surface area contributed by atoms with E-state index >= 15 is 0 Å². The van der Waals surface area contributed by atoms with Crippen LogP contribution in [0.1, 0.15) is 49.7 Å². The van der Waals surface area contributed by atoms with E-state index in [4.69, 9.17) is 0 Å². The maximum atomic E-state index is 4.64. The van der Waals surface area contributed by atoms with E-state index in [1.165, 1.54) is 55.8 Å². The van der Waals surface area contributed by atoms with E-state index in [1.54, 1.807) is 11.3 Å². The molecule has 2 rings (SSSR count). The fraction of sp³-hybridized carbons (Fsp3) is 0.786. The minimum Gasteiger partial charge on any atom is -0.316 e. The average Bonchev–Trinajstić information content (AvgIpc) is 2.90. The Labute approximate surface area is 109 Å². The number of aryl methyl sites for hydroxylation is 1. The van der Waals surface area contributed by atoms with E-state index in [9.17, 15) is 0 Å². The molecule has 1 aliphatic carbocycles. The Bertz CT molecular complexity index is 340. The highest BCUT2D eigenvalue weighted by Crippen LogP contribution is 2.40. The third kappa shape index (κ3) is 3.52. The summed E-state index contributed by atoms with van der Waals surface area (Å²) >= 11 is 1.78. The van der Waals surface area contributed by atoms with Gasteiger partial charge in [0.1, 0.15) is 0 Å². The van der Waals surface area contributed by atoms with Crippen molar-refractivity contribution in [3.8, 4) is 0 Å². The zero-order valence-electron chi connectivity index (χ0n) is 11.1. The van der Waals surface area contributed by atoms with Gasteiger partial charge < -0.3 is 5.32 Å². The smallest absolute Gasteiger partial charge is 0.0897 e. The number of nitrogens with one attached hydrogen (secondary N) is 1. The Morgan fingerprint density at radius 2 is 2.18 bits per heavy atom. The maximum absolute atomic E-state index is 4.64. The van der Waals surface area contributed by atoms with Crippen molar-refractivity contribution in [2.75, 3.05) is 13.1 Å². The van der Waals surface area contributed by atoms with E-state index in [0.29, 0.717) is 5.41 Å². The molecular weight excluding hydrogens is 228 g/mol. The van der Waals surface area contributed by atoms with Crippen molar-refractivity contribution in [1.82, 2.24) is 10.3 Å². The minimum atomic E-state index is 0.496. The molecule has 1 N–H and O–H groups in total. The lowest BCUT2D eigenvalue weighted by molar-refractivity contribution is 0.276. The first-order chi connectivity index (χ1) is 8.24. The Morgan fingerprint density at radius 3 is 2.76 bits per heavy atom. The number of nitrogens with zero attached hydrogens (tertiary/aromatic N) is 1. The van der Waals surface area contributed by atoms with Gasteiger partial charge in [0.15, 0.2) is 0 Å². The van der Waals surface area contributed by atoms with Crippen molar-refractivity contribution in [3.05, 3.63) is 16.1 Å². The molecule has 1 aromatic heterocycles. The Kier molecular flexibility index (Phi) is 4.57. The molecule has 2 nitrogen and oxygen atoms in total. The van der Waals surface area contributed by atoms with Crippen LogP contribution >= 0.6 is 11.3 Å². The molecule has 1 aromatic rings. The van der Waals surface area contributed by atoms with Crippen LogP contribution in [-0.4, -0.2) is 18.1 Å². The summed E-state index contributed by atoms with van der Waals surface area (Å²) in [6.45, 7) is 6.66. The van der Waals surface area contributed by atoms with Gasteiger partial charge in [-0.25, -0.2) is 4.98 Å². The molecule has 3 heteroatoms. The lowest BCUT2D eigenvalue weighted by Crippen LogP contribution is -2.34. The molecule has 1 saturated carbocycles. The van der Waals surface area contributed by atoms with Crippen LogP contribution in [0.4, 0.5) is 0 Å². The van der Waals surface area contributed by atoms with Crippen molar-refractivity contribution >= 4 is 11.3 Å². The van der Waals surface area contributed by atoms with Gasteiger partial charge in [0.2, 0.25) is 0 Å². The largest absolute Gasteiger partial charge is 0.316 e. The quantitative estimate of drug-likeness (QED) is 0.783. The molecule has 0 unspecified atom stereocenters. The van der Waals surface area contributed by atoms with Gasteiger partial charge >= 0.3 is 0 Å². The van der Waals surface area contributed by atoms with Crippen LogP contribution in [0.3, 0.4) is 0 Å². The van der Waals surface area contributed by atoms with Gasteiger partial charge in [0.05, 0.1) is 10.7 Å². The number of rotatable bonds is 6. The van der Waals surface area contributed by atoms with Crippen LogP contribution in [0, 0.1) is 12.3 Å². The van der Waals surface area contributed by atoms with Crippen LogP contribution in [0.5, 0.6) is 0 Å². The molecule has 0 bridgehead atoms. The highest BCUT2D eigenvalue weighted by atomic mass is 32.1. The third-order valence-electron chi connectivity index (χ3n) is 3.81. The monoisotopic (exact) mass is 252 g/mol.